The number of amides is 2. The van der Waals surface area contributed by atoms with Gasteiger partial charge in [-0.15, -0.1) is 0 Å². The second-order valence-electron chi connectivity index (χ2n) is 10.0. The SMILES string of the molecule is Cc1c(F)cccc1NC(=O)Nc1ccc(Cl)c(S(=O)(=O)N2[C@H]3CC[C@H]2CC(NCC2CC2)C3)c1O. The molecule has 1 aliphatic carbocycles. The Hall–Kier alpha value is -2.40. The molecule has 11 heteroatoms. The molecule has 0 spiro atoms. The van der Waals surface area contributed by atoms with Crippen molar-refractivity contribution in [2.45, 2.75) is 68.5 Å². The predicted molar refractivity (Wildman–Crippen MR) is 136 cm³/mol. The van der Waals surface area contributed by atoms with E-state index < -0.39 is 32.5 Å². The smallest absolute Gasteiger partial charge is 0.323 e. The number of sulfonamides is 1. The number of phenolic OH excluding ortho intramolecular Hbond substituents is 1. The third-order valence-electron chi connectivity index (χ3n) is 7.44. The number of hydrogen-bond donors (Lipinski definition) is 4. The fourth-order valence-corrected chi connectivity index (χ4v) is 7.86. The molecule has 2 amide bonds. The van der Waals surface area contributed by atoms with Crippen molar-refractivity contribution in [3.63, 3.8) is 0 Å². The van der Waals surface area contributed by atoms with Crippen molar-refractivity contribution in [3.8, 4) is 5.75 Å². The van der Waals surface area contributed by atoms with E-state index in [1.807, 2.05) is 0 Å². The van der Waals surface area contributed by atoms with E-state index in [4.69, 9.17) is 11.6 Å². The van der Waals surface area contributed by atoms with Crippen LogP contribution in [0.4, 0.5) is 20.6 Å². The summed E-state index contributed by atoms with van der Waals surface area (Å²) in [7, 11) is -4.13. The molecule has 2 aromatic rings. The van der Waals surface area contributed by atoms with Gasteiger partial charge in [0.1, 0.15) is 10.7 Å². The minimum absolute atomic E-state index is 0.113. The number of halogens is 2. The summed E-state index contributed by atoms with van der Waals surface area (Å²) in [5.41, 5.74) is 0.392. The highest BCUT2D eigenvalue weighted by Gasteiger charge is 2.48. The lowest BCUT2D eigenvalue weighted by Gasteiger charge is -2.38. The first kappa shape index (κ1) is 25.3. The maximum atomic E-state index is 13.8. The van der Waals surface area contributed by atoms with Gasteiger partial charge in [0.15, 0.2) is 5.75 Å². The van der Waals surface area contributed by atoms with Crippen LogP contribution < -0.4 is 16.0 Å². The number of nitrogens with zero attached hydrogens (tertiary/aromatic N) is 1. The van der Waals surface area contributed by atoms with Crippen molar-refractivity contribution in [1.29, 1.82) is 0 Å². The molecule has 3 aliphatic rings. The van der Waals surface area contributed by atoms with E-state index in [-0.39, 0.29) is 40.1 Å². The second-order valence-corrected chi connectivity index (χ2v) is 12.2. The van der Waals surface area contributed by atoms with E-state index in [0.29, 0.717) is 12.8 Å². The van der Waals surface area contributed by atoms with Gasteiger partial charge in [-0.3, -0.25) is 0 Å². The van der Waals surface area contributed by atoms with Crippen LogP contribution in [0.5, 0.6) is 5.75 Å². The molecule has 5 rings (SSSR count). The molecule has 194 valence electrons. The van der Waals surface area contributed by atoms with E-state index >= 15 is 0 Å². The van der Waals surface area contributed by atoms with Gasteiger partial charge in [0.2, 0.25) is 10.0 Å². The lowest BCUT2D eigenvalue weighted by atomic mass is 9.99. The van der Waals surface area contributed by atoms with Crippen LogP contribution in [0.3, 0.4) is 0 Å². The summed E-state index contributed by atoms with van der Waals surface area (Å²) in [6.07, 6.45) is 5.47. The Morgan fingerprint density at radius 2 is 1.75 bits per heavy atom. The van der Waals surface area contributed by atoms with Crippen LogP contribution in [-0.4, -0.2) is 48.5 Å². The number of carbonyl (C=O) groups excluding carboxylic acids is 1. The fraction of sp³-hybridized carbons (Fsp3) is 0.480. The zero-order valence-corrected chi connectivity index (χ0v) is 21.5. The van der Waals surface area contributed by atoms with Crippen molar-refractivity contribution >= 4 is 39.0 Å². The highest BCUT2D eigenvalue weighted by molar-refractivity contribution is 7.89. The van der Waals surface area contributed by atoms with Gasteiger partial charge in [-0.2, -0.15) is 4.31 Å². The third kappa shape index (κ3) is 4.91. The number of aromatic hydroxyl groups is 1. The summed E-state index contributed by atoms with van der Waals surface area (Å²) >= 11 is 6.30. The lowest BCUT2D eigenvalue weighted by molar-refractivity contribution is 0.206. The van der Waals surface area contributed by atoms with Crippen LogP contribution in [0.2, 0.25) is 5.02 Å². The molecule has 3 fully saturated rings. The molecule has 36 heavy (non-hydrogen) atoms. The molecule has 1 saturated carbocycles. The predicted octanol–water partition coefficient (Wildman–Crippen LogP) is 4.82. The van der Waals surface area contributed by atoms with Crippen LogP contribution in [0.25, 0.3) is 0 Å². The molecular formula is C25H30ClFN4O4S. The Morgan fingerprint density at radius 1 is 1.08 bits per heavy atom. The largest absolute Gasteiger partial charge is 0.504 e. The quantitative estimate of drug-likeness (QED) is 0.379. The number of hydrogen-bond acceptors (Lipinski definition) is 5. The van der Waals surface area contributed by atoms with Crippen molar-refractivity contribution in [2.75, 3.05) is 17.2 Å². The van der Waals surface area contributed by atoms with Gasteiger partial charge in [-0.05, 0) is 82.2 Å². The number of piperidine rings is 1. The average Bonchev–Trinajstić information content (AvgIpc) is 3.60. The molecule has 2 saturated heterocycles. The number of phenols is 1. The number of nitrogens with one attached hydrogen (secondary N) is 3. The Kier molecular flexibility index (Phi) is 6.88. The molecule has 0 radical (unpaired) electrons. The first-order valence-electron chi connectivity index (χ1n) is 12.3. The molecule has 2 atom stereocenters. The van der Waals surface area contributed by atoms with E-state index in [1.54, 1.807) is 0 Å². The Morgan fingerprint density at radius 3 is 2.42 bits per heavy atom. The van der Waals surface area contributed by atoms with Crippen LogP contribution in [-0.2, 0) is 10.0 Å². The summed E-state index contributed by atoms with van der Waals surface area (Å²) in [6.45, 7) is 2.50. The molecule has 0 aromatic heterocycles. The molecule has 4 N–H and O–H groups in total. The molecule has 2 aliphatic heterocycles. The maximum absolute atomic E-state index is 13.8. The molecule has 2 heterocycles. The lowest BCUT2D eigenvalue weighted by Crippen LogP contribution is -2.51. The molecule has 0 unspecified atom stereocenters. The zero-order valence-electron chi connectivity index (χ0n) is 19.9. The fourth-order valence-electron chi connectivity index (χ4n) is 5.37. The molecule has 2 aromatic carbocycles. The van der Waals surface area contributed by atoms with Gasteiger partial charge in [0.25, 0.3) is 0 Å². The number of anilines is 2. The van der Waals surface area contributed by atoms with Gasteiger partial charge >= 0.3 is 6.03 Å². The van der Waals surface area contributed by atoms with Crippen LogP contribution in [0, 0.1) is 18.7 Å². The average molecular weight is 537 g/mol. The van der Waals surface area contributed by atoms with E-state index in [2.05, 4.69) is 16.0 Å². The Balaban J connectivity index is 1.35. The van der Waals surface area contributed by atoms with Crippen molar-refractivity contribution in [2.24, 2.45) is 5.92 Å². The summed E-state index contributed by atoms with van der Waals surface area (Å²) < 4.78 is 42.9. The maximum Gasteiger partial charge on any atom is 0.323 e. The summed E-state index contributed by atoms with van der Waals surface area (Å²) in [5.74, 6) is -0.351. The Bertz CT molecular complexity index is 1270. The minimum atomic E-state index is -4.13. The van der Waals surface area contributed by atoms with E-state index in [9.17, 15) is 22.7 Å². The normalized spacial score (nSPS) is 24.0. The number of carbonyl (C=O) groups is 1. The van der Waals surface area contributed by atoms with Crippen molar-refractivity contribution in [1.82, 2.24) is 9.62 Å². The van der Waals surface area contributed by atoms with Crippen LogP contribution >= 0.6 is 11.6 Å². The van der Waals surface area contributed by atoms with Crippen LogP contribution in [0.15, 0.2) is 35.2 Å². The van der Waals surface area contributed by atoms with E-state index in [1.165, 1.54) is 54.4 Å². The first-order valence-corrected chi connectivity index (χ1v) is 14.1. The zero-order chi connectivity index (χ0) is 25.6. The monoisotopic (exact) mass is 536 g/mol. The topological polar surface area (TPSA) is 111 Å². The van der Waals surface area contributed by atoms with Crippen molar-refractivity contribution in [3.05, 3.63) is 46.7 Å². The van der Waals surface area contributed by atoms with Gasteiger partial charge in [0.05, 0.1) is 10.7 Å². The van der Waals surface area contributed by atoms with Crippen molar-refractivity contribution < 1.29 is 22.7 Å². The highest BCUT2D eigenvalue weighted by Crippen LogP contribution is 2.45. The summed E-state index contributed by atoms with van der Waals surface area (Å²) in [4.78, 5) is 12.1. The summed E-state index contributed by atoms with van der Waals surface area (Å²) in [6, 6.07) is 6.12. The number of urea groups is 1. The second kappa shape index (κ2) is 9.81. The Labute approximate surface area is 215 Å². The molecule has 8 nitrogen and oxygen atoms in total. The minimum Gasteiger partial charge on any atom is -0.504 e. The standard InChI is InChI=1S/C25H30ClFN4O4S/c1-14-20(27)3-2-4-21(14)29-25(33)30-22-10-9-19(26)24(23(22)32)36(34,35)31-17-7-8-18(31)12-16(11-17)28-13-15-5-6-15/h2-4,9-10,15-18,28,32H,5-8,11-13H2,1H3,(H2,29,30,33)/t17-,18-/m0/s1. The molecule has 2 bridgehead atoms. The molecular weight excluding hydrogens is 507 g/mol. The number of fused-ring (bicyclic) bond motifs is 2. The summed E-state index contributed by atoms with van der Waals surface area (Å²) in [5, 5.41) is 19.4. The number of rotatable bonds is 7. The highest BCUT2D eigenvalue weighted by atomic mass is 35.5. The number of benzene rings is 2. The van der Waals surface area contributed by atoms with Gasteiger partial charge in [0, 0.05) is 29.4 Å². The third-order valence-corrected chi connectivity index (χ3v) is 9.95. The van der Waals surface area contributed by atoms with Crippen LogP contribution in [0.1, 0.15) is 44.1 Å². The van der Waals surface area contributed by atoms with Gasteiger partial charge in [-0.1, -0.05) is 17.7 Å². The first-order chi connectivity index (χ1) is 17.1. The van der Waals surface area contributed by atoms with Gasteiger partial charge in [-0.25, -0.2) is 17.6 Å². The van der Waals surface area contributed by atoms with Gasteiger partial charge < -0.3 is 21.1 Å². The van der Waals surface area contributed by atoms with E-state index in [0.717, 1.165) is 25.3 Å².